The highest BCUT2D eigenvalue weighted by atomic mass is 32.2. The number of carbonyl (C=O) groups excluding carboxylic acids is 2. The lowest BCUT2D eigenvalue weighted by Gasteiger charge is -2.59. The fraction of sp³-hybridized carbons (Fsp3) is 0.516. The number of allylic oxidation sites excluding steroid dienone is 4. The lowest BCUT2D eigenvalue weighted by molar-refractivity contribution is -0.141. The van der Waals surface area contributed by atoms with E-state index in [0.29, 0.717) is 12.3 Å². The van der Waals surface area contributed by atoms with Gasteiger partial charge in [-0.15, -0.1) is 0 Å². The fourth-order valence-electron chi connectivity index (χ4n) is 9.03. The van der Waals surface area contributed by atoms with Gasteiger partial charge in [0, 0.05) is 29.1 Å². The van der Waals surface area contributed by atoms with Crippen molar-refractivity contribution in [3.63, 3.8) is 0 Å². The molecule has 1 aromatic carbocycles. The average molecular weight is 544 g/mol. The topological polar surface area (TPSA) is 102 Å². The van der Waals surface area contributed by atoms with E-state index in [1.807, 2.05) is 37.3 Å². The van der Waals surface area contributed by atoms with Crippen LogP contribution in [-0.4, -0.2) is 56.0 Å². The van der Waals surface area contributed by atoms with Crippen LogP contribution in [0.25, 0.3) is 10.9 Å². The predicted molar refractivity (Wildman–Crippen MR) is 149 cm³/mol. The molecule has 8 heteroatoms. The van der Waals surface area contributed by atoms with E-state index < -0.39 is 17.1 Å². The van der Waals surface area contributed by atoms with Gasteiger partial charge in [0.1, 0.15) is 17.5 Å². The van der Waals surface area contributed by atoms with Crippen molar-refractivity contribution < 1.29 is 19.4 Å². The molecule has 5 unspecified atom stereocenters. The standard InChI is InChI=1S/C31H33N3O4S/c1-17-34-31(25(37)15-39-28-21-6-4-5-7-23(21)32-16-33-28)26(38-17)13-22-20-9-8-18-12-19(35)10-11-29(18,2)27(20)24(36)14-30(22,31)3/h4-7,10-12,16,20,22,24,26-27,36H,8-9,13-15H2,1-3H3/t20?,22?,24-,26+,27?,29?,30?,31+/m0/s1. The molecule has 8 atom stereocenters. The Hall–Kier alpha value is -2.84. The highest BCUT2D eigenvalue weighted by Crippen LogP contribution is 2.69. The van der Waals surface area contributed by atoms with Gasteiger partial charge in [-0.05, 0) is 55.7 Å². The Kier molecular flexibility index (Phi) is 5.53. The monoisotopic (exact) mass is 543 g/mol. The third kappa shape index (κ3) is 3.37. The predicted octanol–water partition coefficient (Wildman–Crippen LogP) is 4.74. The SMILES string of the molecule is CC1=N[C@]2(C(=O)CSc3ncnc4ccccc34)[C@@H](CC3C4CCC5=CC(=O)C=CC5(C)C4[C@@H](O)CC32C)O1. The van der Waals surface area contributed by atoms with Gasteiger partial charge in [-0.3, -0.25) is 9.59 Å². The van der Waals surface area contributed by atoms with Gasteiger partial charge in [-0.2, -0.15) is 0 Å². The van der Waals surface area contributed by atoms with E-state index in [0.717, 1.165) is 40.8 Å². The van der Waals surface area contributed by atoms with Crippen LogP contribution in [0.15, 0.2) is 64.4 Å². The number of ether oxygens (including phenoxy) is 1. The Balaban J connectivity index is 1.23. The highest BCUT2D eigenvalue weighted by Gasteiger charge is 2.74. The number of para-hydroxylation sites is 1. The molecule has 202 valence electrons. The second-order valence-corrected chi connectivity index (χ2v) is 13.3. The number of hydrogen-bond acceptors (Lipinski definition) is 8. The molecule has 3 saturated carbocycles. The zero-order valence-electron chi connectivity index (χ0n) is 22.5. The molecule has 39 heavy (non-hydrogen) atoms. The van der Waals surface area contributed by atoms with E-state index in [-0.39, 0.29) is 46.6 Å². The minimum Gasteiger partial charge on any atom is -0.475 e. The van der Waals surface area contributed by atoms with Crippen LogP contribution in [0.5, 0.6) is 0 Å². The first-order valence-corrected chi connectivity index (χ1v) is 14.9. The molecule has 0 spiro atoms. The molecule has 5 aliphatic rings. The summed E-state index contributed by atoms with van der Waals surface area (Å²) < 4.78 is 6.29. The molecule has 3 fully saturated rings. The normalized spacial score (nSPS) is 40.2. The second kappa shape index (κ2) is 8.58. The average Bonchev–Trinajstić information content (AvgIpc) is 3.37. The first kappa shape index (κ1) is 25.1. The second-order valence-electron chi connectivity index (χ2n) is 12.4. The number of fused-ring (bicyclic) bond motifs is 8. The maximum absolute atomic E-state index is 14.4. The van der Waals surface area contributed by atoms with E-state index in [4.69, 9.17) is 9.73 Å². The Bertz CT molecular complexity index is 1500. The minimum absolute atomic E-state index is 0.00209. The third-order valence-electron chi connectivity index (χ3n) is 10.6. The van der Waals surface area contributed by atoms with Crippen molar-refractivity contribution in [2.24, 2.45) is 33.6 Å². The summed E-state index contributed by atoms with van der Waals surface area (Å²) in [5, 5.41) is 13.5. The molecule has 0 saturated heterocycles. The zero-order chi connectivity index (χ0) is 27.2. The summed E-state index contributed by atoms with van der Waals surface area (Å²) in [5.41, 5.74) is 0.0627. The number of aliphatic imine (C=N–C) groups is 1. The van der Waals surface area contributed by atoms with Crippen molar-refractivity contribution in [1.82, 2.24) is 9.97 Å². The van der Waals surface area contributed by atoms with Crippen LogP contribution in [0.3, 0.4) is 0 Å². The third-order valence-corrected chi connectivity index (χ3v) is 11.6. The molecule has 1 N–H and O–H groups in total. The van der Waals surface area contributed by atoms with E-state index in [9.17, 15) is 14.7 Å². The number of Topliss-reactive ketones (excluding diaryl/α,β-unsaturated/α-hetero) is 1. The van der Waals surface area contributed by atoms with Crippen LogP contribution in [0.2, 0.25) is 0 Å². The van der Waals surface area contributed by atoms with Gasteiger partial charge in [-0.25, -0.2) is 15.0 Å². The maximum atomic E-state index is 14.4. The maximum Gasteiger partial charge on any atom is 0.181 e. The Labute approximate surface area is 232 Å². The molecule has 0 bridgehead atoms. The summed E-state index contributed by atoms with van der Waals surface area (Å²) in [6, 6.07) is 7.82. The number of ketones is 2. The van der Waals surface area contributed by atoms with Crippen LogP contribution in [0, 0.1) is 28.6 Å². The lowest BCUT2D eigenvalue weighted by atomic mass is 9.46. The van der Waals surface area contributed by atoms with Gasteiger partial charge in [0.15, 0.2) is 23.0 Å². The summed E-state index contributed by atoms with van der Waals surface area (Å²) in [5.74, 6) is 1.24. The molecule has 1 aromatic heterocycles. The molecular weight excluding hydrogens is 510 g/mol. The molecule has 7 rings (SSSR count). The number of rotatable bonds is 4. The summed E-state index contributed by atoms with van der Waals surface area (Å²) in [6.45, 7) is 6.17. The van der Waals surface area contributed by atoms with E-state index in [1.165, 1.54) is 11.8 Å². The largest absolute Gasteiger partial charge is 0.475 e. The summed E-state index contributed by atoms with van der Waals surface area (Å²) >= 11 is 1.43. The number of thioether (sulfide) groups is 1. The summed E-state index contributed by atoms with van der Waals surface area (Å²) in [4.78, 5) is 40.4. The van der Waals surface area contributed by atoms with Gasteiger partial charge >= 0.3 is 0 Å². The van der Waals surface area contributed by atoms with Gasteiger partial charge in [0.25, 0.3) is 0 Å². The van der Waals surface area contributed by atoms with Crippen molar-refractivity contribution in [3.05, 3.63) is 54.4 Å². The van der Waals surface area contributed by atoms with Crippen molar-refractivity contribution in [1.29, 1.82) is 0 Å². The number of hydrogen-bond donors (Lipinski definition) is 1. The van der Waals surface area contributed by atoms with Crippen molar-refractivity contribution >= 4 is 40.1 Å². The Morgan fingerprint density at radius 1 is 1.23 bits per heavy atom. The van der Waals surface area contributed by atoms with Crippen LogP contribution in [0.1, 0.15) is 46.5 Å². The zero-order valence-corrected chi connectivity index (χ0v) is 23.3. The van der Waals surface area contributed by atoms with Gasteiger partial charge < -0.3 is 9.84 Å². The molecule has 4 aliphatic carbocycles. The van der Waals surface area contributed by atoms with Crippen LogP contribution in [0.4, 0.5) is 0 Å². The Morgan fingerprint density at radius 3 is 2.90 bits per heavy atom. The Morgan fingerprint density at radius 2 is 2.05 bits per heavy atom. The number of benzene rings is 1. The van der Waals surface area contributed by atoms with Gasteiger partial charge in [0.2, 0.25) is 0 Å². The van der Waals surface area contributed by atoms with Crippen molar-refractivity contribution in [2.75, 3.05) is 5.75 Å². The summed E-state index contributed by atoms with van der Waals surface area (Å²) in [6.07, 6.45) is 9.00. The van der Waals surface area contributed by atoms with E-state index in [2.05, 4.69) is 23.8 Å². The molecule has 0 amide bonds. The number of carbonyl (C=O) groups is 2. The van der Waals surface area contributed by atoms with Crippen LogP contribution in [-0.2, 0) is 14.3 Å². The quantitative estimate of drug-likeness (QED) is 0.439. The number of nitrogens with zero attached hydrogens (tertiary/aromatic N) is 3. The van der Waals surface area contributed by atoms with Crippen molar-refractivity contribution in [3.8, 4) is 0 Å². The van der Waals surface area contributed by atoms with Crippen molar-refractivity contribution in [2.45, 2.75) is 69.2 Å². The first-order valence-electron chi connectivity index (χ1n) is 13.9. The first-order chi connectivity index (χ1) is 18.7. The lowest BCUT2D eigenvalue weighted by Crippen LogP contribution is -2.62. The number of aromatic nitrogens is 2. The van der Waals surface area contributed by atoms with Crippen LogP contribution < -0.4 is 0 Å². The molecule has 2 aromatic rings. The highest BCUT2D eigenvalue weighted by molar-refractivity contribution is 8.00. The van der Waals surface area contributed by atoms with Gasteiger partial charge in [0.05, 0.1) is 17.4 Å². The van der Waals surface area contributed by atoms with Gasteiger partial charge in [-0.1, -0.05) is 55.5 Å². The smallest absolute Gasteiger partial charge is 0.181 e. The van der Waals surface area contributed by atoms with E-state index in [1.54, 1.807) is 18.5 Å². The molecule has 7 nitrogen and oxygen atoms in total. The van der Waals surface area contributed by atoms with Crippen LogP contribution >= 0.6 is 11.8 Å². The molecule has 2 heterocycles. The fourth-order valence-corrected chi connectivity index (χ4v) is 9.97. The molecule has 1 aliphatic heterocycles. The number of aliphatic hydroxyl groups is 1. The molecular formula is C31H33N3O4S. The minimum atomic E-state index is -1.03. The summed E-state index contributed by atoms with van der Waals surface area (Å²) in [7, 11) is 0. The van der Waals surface area contributed by atoms with E-state index >= 15 is 0 Å². The number of aliphatic hydroxyl groups excluding tert-OH is 1. The molecule has 0 radical (unpaired) electrons.